The average molecular weight is 331 g/mol. The number of cyclic esters (lactones) is 1. The lowest BCUT2D eigenvalue weighted by molar-refractivity contribution is 0.0535. The van der Waals surface area contributed by atoms with Crippen LogP contribution in [0.4, 0.5) is 0 Å². The van der Waals surface area contributed by atoms with Gasteiger partial charge in [0.15, 0.2) is 0 Å². The number of rotatable bonds is 13. The fraction of sp³-hybridized carbons (Fsp3) is 0.682. The van der Waals surface area contributed by atoms with Crippen LogP contribution in [-0.4, -0.2) is 5.97 Å². The molecule has 0 spiro atoms. The van der Waals surface area contributed by atoms with Crippen LogP contribution in [0.3, 0.4) is 0 Å². The molecule has 1 aromatic rings. The molecule has 0 saturated heterocycles. The highest BCUT2D eigenvalue weighted by Crippen LogP contribution is 2.25. The second-order valence-corrected chi connectivity index (χ2v) is 7.16. The summed E-state index contributed by atoms with van der Waals surface area (Å²) in [5.41, 5.74) is 3.22. The van der Waals surface area contributed by atoms with Crippen molar-refractivity contribution in [3.05, 3.63) is 34.9 Å². The van der Waals surface area contributed by atoms with E-state index in [1.165, 1.54) is 82.6 Å². The van der Waals surface area contributed by atoms with Gasteiger partial charge in [0.25, 0.3) is 0 Å². The molecular formula is C22H34O2. The highest BCUT2D eigenvalue weighted by atomic mass is 16.5. The number of carbonyl (C=O) groups is 1. The molecule has 24 heavy (non-hydrogen) atoms. The Kier molecular flexibility index (Phi) is 8.94. The van der Waals surface area contributed by atoms with Gasteiger partial charge in [0.2, 0.25) is 0 Å². The van der Waals surface area contributed by atoms with Gasteiger partial charge >= 0.3 is 5.97 Å². The van der Waals surface area contributed by atoms with Crippen molar-refractivity contribution in [2.45, 2.75) is 97.0 Å². The van der Waals surface area contributed by atoms with Gasteiger partial charge in [-0.05, 0) is 24.5 Å². The molecule has 0 fully saturated rings. The first-order valence-electron chi connectivity index (χ1n) is 10.1. The normalized spacial score (nSPS) is 13.1. The molecule has 2 nitrogen and oxygen atoms in total. The third-order valence-electron chi connectivity index (χ3n) is 5.14. The maximum atomic E-state index is 11.6. The smallest absolute Gasteiger partial charge is 0.338 e. The number of benzene rings is 1. The Bertz CT molecular complexity index is 493. The molecule has 2 heteroatoms. The lowest BCUT2D eigenvalue weighted by atomic mass is 9.98. The Labute approximate surface area is 148 Å². The molecular weight excluding hydrogens is 296 g/mol. The van der Waals surface area contributed by atoms with Gasteiger partial charge in [0.1, 0.15) is 6.61 Å². The third-order valence-corrected chi connectivity index (χ3v) is 5.14. The highest BCUT2D eigenvalue weighted by Gasteiger charge is 2.22. The number of ether oxygens (including phenoxy) is 1. The van der Waals surface area contributed by atoms with Gasteiger partial charge in [0, 0.05) is 5.56 Å². The van der Waals surface area contributed by atoms with Crippen LogP contribution in [0.2, 0.25) is 0 Å². The van der Waals surface area contributed by atoms with Crippen molar-refractivity contribution >= 4 is 5.97 Å². The fourth-order valence-corrected chi connectivity index (χ4v) is 3.60. The monoisotopic (exact) mass is 330 g/mol. The van der Waals surface area contributed by atoms with Crippen LogP contribution in [0.15, 0.2) is 18.2 Å². The summed E-state index contributed by atoms with van der Waals surface area (Å²) in [6.07, 6.45) is 17.6. The summed E-state index contributed by atoms with van der Waals surface area (Å²) >= 11 is 0. The molecule has 0 amide bonds. The molecule has 2 rings (SSSR count). The summed E-state index contributed by atoms with van der Waals surface area (Å²) in [5, 5.41) is 0. The fourth-order valence-electron chi connectivity index (χ4n) is 3.60. The average Bonchev–Trinajstić information content (AvgIpc) is 2.98. The van der Waals surface area contributed by atoms with Gasteiger partial charge < -0.3 is 4.74 Å². The van der Waals surface area contributed by atoms with Gasteiger partial charge in [0.05, 0.1) is 5.56 Å². The summed E-state index contributed by atoms with van der Waals surface area (Å²) in [6, 6.07) is 6.02. The third kappa shape index (κ3) is 6.30. The van der Waals surface area contributed by atoms with E-state index in [1.807, 2.05) is 12.1 Å². The van der Waals surface area contributed by atoms with Crippen molar-refractivity contribution < 1.29 is 9.53 Å². The van der Waals surface area contributed by atoms with E-state index in [2.05, 4.69) is 13.0 Å². The Morgan fingerprint density at radius 1 is 0.833 bits per heavy atom. The number of carbonyl (C=O) groups excluding carboxylic acids is 1. The SMILES string of the molecule is CCCCCCCCCCCCCCc1cccc2c1COC2=O. The Hall–Kier alpha value is -1.31. The van der Waals surface area contributed by atoms with Crippen LogP contribution < -0.4 is 0 Å². The lowest BCUT2D eigenvalue weighted by Crippen LogP contribution is -1.96. The molecule has 0 atom stereocenters. The van der Waals surface area contributed by atoms with E-state index in [0.29, 0.717) is 6.61 Å². The lowest BCUT2D eigenvalue weighted by Gasteiger charge is -2.06. The molecule has 0 aliphatic carbocycles. The molecule has 1 heterocycles. The van der Waals surface area contributed by atoms with E-state index in [-0.39, 0.29) is 5.97 Å². The highest BCUT2D eigenvalue weighted by molar-refractivity contribution is 5.93. The summed E-state index contributed by atoms with van der Waals surface area (Å²) < 4.78 is 5.14. The molecule has 1 aliphatic rings. The minimum absolute atomic E-state index is 0.151. The Balaban J connectivity index is 1.47. The van der Waals surface area contributed by atoms with Crippen molar-refractivity contribution in [3.8, 4) is 0 Å². The van der Waals surface area contributed by atoms with E-state index in [1.54, 1.807) is 0 Å². The zero-order valence-electron chi connectivity index (χ0n) is 15.4. The van der Waals surface area contributed by atoms with Crippen LogP contribution in [-0.2, 0) is 17.8 Å². The summed E-state index contributed by atoms with van der Waals surface area (Å²) in [6.45, 7) is 2.75. The number of hydrogen-bond acceptors (Lipinski definition) is 2. The molecule has 0 bridgehead atoms. The van der Waals surface area contributed by atoms with E-state index < -0.39 is 0 Å². The van der Waals surface area contributed by atoms with Gasteiger partial charge in [-0.3, -0.25) is 0 Å². The summed E-state index contributed by atoms with van der Waals surface area (Å²) in [7, 11) is 0. The molecule has 0 saturated carbocycles. The predicted molar refractivity (Wildman–Crippen MR) is 100 cm³/mol. The Morgan fingerprint density at radius 3 is 2.04 bits per heavy atom. The molecule has 0 radical (unpaired) electrons. The van der Waals surface area contributed by atoms with E-state index in [4.69, 9.17) is 4.74 Å². The minimum atomic E-state index is -0.151. The molecule has 0 N–H and O–H groups in total. The molecule has 1 aromatic carbocycles. The number of aryl methyl sites for hydroxylation is 1. The first-order chi connectivity index (χ1) is 11.8. The van der Waals surface area contributed by atoms with Gasteiger partial charge in [-0.2, -0.15) is 0 Å². The molecule has 134 valence electrons. The standard InChI is InChI=1S/C22H34O2/c1-2-3-4-5-6-7-8-9-10-11-12-13-15-19-16-14-17-20-21(19)18-24-22(20)23/h14,16-17H,2-13,15,18H2,1H3. The Morgan fingerprint density at radius 2 is 1.42 bits per heavy atom. The molecule has 0 unspecified atom stereocenters. The number of fused-ring (bicyclic) bond motifs is 1. The first-order valence-corrected chi connectivity index (χ1v) is 10.1. The van der Waals surface area contributed by atoms with E-state index in [9.17, 15) is 4.79 Å². The van der Waals surface area contributed by atoms with Crippen LogP contribution in [0.25, 0.3) is 0 Å². The summed E-state index contributed by atoms with van der Waals surface area (Å²) in [4.78, 5) is 11.6. The second kappa shape index (κ2) is 11.3. The van der Waals surface area contributed by atoms with Crippen LogP contribution >= 0.6 is 0 Å². The number of hydrogen-bond donors (Lipinski definition) is 0. The maximum absolute atomic E-state index is 11.6. The second-order valence-electron chi connectivity index (χ2n) is 7.16. The van der Waals surface area contributed by atoms with Crippen molar-refractivity contribution in [3.63, 3.8) is 0 Å². The van der Waals surface area contributed by atoms with Crippen molar-refractivity contribution in [1.82, 2.24) is 0 Å². The van der Waals surface area contributed by atoms with Crippen molar-refractivity contribution in [2.24, 2.45) is 0 Å². The van der Waals surface area contributed by atoms with Gasteiger partial charge in [-0.1, -0.05) is 89.7 Å². The van der Waals surface area contributed by atoms with Crippen LogP contribution in [0.5, 0.6) is 0 Å². The van der Waals surface area contributed by atoms with Gasteiger partial charge in [-0.25, -0.2) is 4.79 Å². The minimum Gasteiger partial charge on any atom is -0.457 e. The first kappa shape index (κ1) is 19.0. The quantitative estimate of drug-likeness (QED) is 0.301. The van der Waals surface area contributed by atoms with E-state index in [0.717, 1.165) is 17.5 Å². The van der Waals surface area contributed by atoms with E-state index >= 15 is 0 Å². The van der Waals surface area contributed by atoms with Crippen LogP contribution in [0.1, 0.15) is 105 Å². The largest absolute Gasteiger partial charge is 0.457 e. The number of unbranched alkanes of at least 4 members (excludes halogenated alkanes) is 11. The van der Waals surface area contributed by atoms with Crippen molar-refractivity contribution in [2.75, 3.05) is 0 Å². The zero-order valence-corrected chi connectivity index (χ0v) is 15.4. The zero-order chi connectivity index (χ0) is 17.0. The maximum Gasteiger partial charge on any atom is 0.338 e. The predicted octanol–water partition coefficient (Wildman–Crippen LogP) is 6.60. The van der Waals surface area contributed by atoms with Crippen molar-refractivity contribution in [1.29, 1.82) is 0 Å². The number of esters is 1. The van der Waals surface area contributed by atoms with Crippen LogP contribution in [0, 0.1) is 0 Å². The topological polar surface area (TPSA) is 26.3 Å². The van der Waals surface area contributed by atoms with Gasteiger partial charge in [-0.15, -0.1) is 0 Å². The molecule has 0 aromatic heterocycles. The molecule has 1 aliphatic heterocycles. The summed E-state index contributed by atoms with van der Waals surface area (Å²) in [5.74, 6) is -0.151.